The van der Waals surface area contributed by atoms with Gasteiger partial charge in [0.05, 0.1) is 12.7 Å². The van der Waals surface area contributed by atoms with Gasteiger partial charge in [0.25, 0.3) is 0 Å². The van der Waals surface area contributed by atoms with Crippen molar-refractivity contribution in [3.8, 4) is 16.9 Å². The summed E-state index contributed by atoms with van der Waals surface area (Å²) in [5.41, 5.74) is 2.76. The second kappa shape index (κ2) is 5.17. The maximum absolute atomic E-state index is 11.2. The molecule has 0 radical (unpaired) electrons. The average Bonchev–Trinajstić information content (AvgIpc) is 2.53. The van der Waals surface area contributed by atoms with Gasteiger partial charge in [0.2, 0.25) is 0 Å². The van der Waals surface area contributed by atoms with Crippen molar-refractivity contribution in [2.24, 2.45) is 0 Å². The zero-order chi connectivity index (χ0) is 13.9. The van der Waals surface area contributed by atoms with Crippen LogP contribution < -0.4 is 4.74 Å². The van der Waals surface area contributed by atoms with Gasteiger partial charge in [-0.3, -0.25) is 4.79 Å². The Morgan fingerprint density at radius 1 is 0.900 bits per heavy atom. The van der Waals surface area contributed by atoms with Gasteiger partial charge in [0, 0.05) is 5.39 Å². The van der Waals surface area contributed by atoms with Gasteiger partial charge in [-0.05, 0) is 22.6 Å². The van der Waals surface area contributed by atoms with E-state index in [-0.39, 0.29) is 0 Å². The lowest BCUT2D eigenvalue weighted by Gasteiger charge is -2.12. The number of fused-ring (bicyclic) bond motifs is 1. The number of carbonyl (C=O) groups excluding carboxylic acids is 1. The summed E-state index contributed by atoms with van der Waals surface area (Å²) in [5, 5.41) is 2.04. The van der Waals surface area contributed by atoms with Crippen LogP contribution in [-0.2, 0) is 0 Å². The molecule has 0 aliphatic carbocycles. The third-order valence-electron chi connectivity index (χ3n) is 3.44. The first-order chi connectivity index (χ1) is 9.85. The Balaban J connectivity index is 2.41. The van der Waals surface area contributed by atoms with E-state index in [2.05, 4.69) is 18.2 Å². The standard InChI is InChI=1S/C18H14O2/c1-20-18-15(12-19)11-10-14-8-5-9-16(17(14)18)13-6-3-2-4-7-13/h2-12H,1H3. The van der Waals surface area contributed by atoms with Gasteiger partial charge in [-0.1, -0.05) is 54.6 Å². The number of ether oxygens (including phenoxy) is 1. The Kier molecular flexibility index (Phi) is 3.21. The van der Waals surface area contributed by atoms with Gasteiger partial charge in [0.1, 0.15) is 5.75 Å². The molecule has 98 valence electrons. The van der Waals surface area contributed by atoms with Crippen molar-refractivity contribution in [2.45, 2.75) is 0 Å². The zero-order valence-corrected chi connectivity index (χ0v) is 11.2. The lowest BCUT2D eigenvalue weighted by Crippen LogP contribution is -1.93. The van der Waals surface area contributed by atoms with Gasteiger partial charge >= 0.3 is 0 Å². The van der Waals surface area contributed by atoms with Crippen molar-refractivity contribution in [3.05, 3.63) is 66.2 Å². The quantitative estimate of drug-likeness (QED) is 0.657. The Labute approximate surface area is 117 Å². The summed E-state index contributed by atoms with van der Waals surface area (Å²) in [5.74, 6) is 0.636. The van der Waals surface area contributed by atoms with Gasteiger partial charge in [-0.25, -0.2) is 0 Å². The van der Waals surface area contributed by atoms with Crippen LogP contribution in [0, 0.1) is 0 Å². The first-order valence-electron chi connectivity index (χ1n) is 6.45. The molecule has 0 aromatic heterocycles. The number of benzene rings is 3. The highest BCUT2D eigenvalue weighted by Gasteiger charge is 2.12. The number of rotatable bonds is 3. The molecule has 0 saturated carbocycles. The minimum atomic E-state index is 0.573. The van der Waals surface area contributed by atoms with Crippen LogP contribution >= 0.6 is 0 Å². The SMILES string of the molecule is COc1c(C=O)ccc2cccc(-c3ccccc3)c12. The van der Waals surface area contributed by atoms with Gasteiger partial charge < -0.3 is 4.74 Å². The summed E-state index contributed by atoms with van der Waals surface area (Å²) in [6.07, 6.45) is 0.833. The van der Waals surface area contributed by atoms with Crippen LogP contribution in [0.4, 0.5) is 0 Å². The van der Waals surface area contributed by atoms with E-state index in [0.29, 0.717) is 11.3 Å². The van der Waals surface area contributed by atoms with Crippen molar-refractivity contribution in [1.82, 2.24) is 0 Å². The Hall–Kier alpha value is -2.61. The maximum atomic E-state index is 11.2. The molecule has 0 N–H and O–H groups in total. The fourth-order valence-electron chi connectivity index (χ4n) is 2.53. The van der Waals surface area contributed by atoms with E-state index >= 15 is 0 Å². The number of hydrogen-bond acceptors (Lipinski definition) is 2. The van der Waals surface area contributed by atoms with Crippen molar-refractivity contribution >= 4 is 17.1 Å². The van der Waals surface area contributed by atoms with E-state index in [9.17, 15) is 4.79 Å². The summed E-state index contributed by atoms with van der Waals surface area (Å²) < 4.78 is 5.48. The normalized spacial score (nSPS) is 10.4. The molecule has 0 fully saturated rings. The lowest BCUT2D eigenvalue weighted by molar-refractivity contribution is 0.112. The molecule has 3 rings (SSSR count). The van der Waals surface area contributed by atoms with Gasteiger partial charge in [-0.2, -0.15) is 0 Å². The summed E-state index contributed by atoms with van der Waals surface area (Å²) in [4.78, 5) is 11.2. The number of aldehydes is 1. The van der Waals surface area contributed by atoms with Crippen molar-refractivity contribution in [1.29, 1.82) is 0 Å². The van der Waals surface area contributed by atoms with Gasteiger partial charge in [0.15, 0.2) is 6.29 Å². The molecule has 20 heavy (non-hydrogen) atoms. The summed E-state index contributed by atoms with van der Waals surface area (Å²) in [6.45, 7) is 0. The predicted octanol–water partition coefficient (Wildman–Crippen LogP) is 4.33. The Morgan fingerprint density at radius 3 is 2.40 bits per heavy atom. The molecular formula is C18H14O2. The van der Waals surface area contributed by atoms with Crippen LogP contribution in [0.1, 0.15) is 10.4 Å². The van der Waals surface area contributed by atoms with E-state index < -0.39 is 0 Å². The minimum Gasteiger partial charge on any atom is -0.495 e. The van der Waals surface area contributed by atoms with Crippen LogP contribution in [-0.4, -0.2) is 13.4 Å². The van der Waals surface area contributed by atoms with Crippen LogP contribution in [0.25, 0.3) is 21.9 Å². The first-order valence-corrected chi connectivity index (χ1v) is 6.45. The number of carbonyl (C=O) groups is 1. The average molecular weight is 262 g/mol. The molecule has 0 unspecified atom stereocenters. The van der Waals surface area contributed by atoms with E-state index in [4.69, 9.17) is 4.74 Å². The highest BCUT2D eigenvalue weighted by atomic mass is 16.5. The summed E-state index contributed by atoms with van der Waals surface area (Å²) >= 11 is 0. The molecule has 3 aromatic rings. The van der Waals surface area contributed by atoms with E-state index in [1.807, 2.05) is 36.4 Å². The number of hydrogen-bond donors (Lipinski definition) is 0. The van der Waals surface area contributed by atoms with E-state index in [1.165, 1.54) is 0 Å². The molecule has 0 aliphatic heterocycles. The van der Waals surface area contributed by atoms with Gasteiger partial charge in [-0.15, -0.1) is 0 Å². The monoisotopic (exact) mass is 262 g/mol. The zero-order valence-electron chi connectivity index (χ0n) is 11.2. The molecule has 0 atom stereocenters. The largest absolute Gasteiger partial charge is 0.495 e. The summed E-state index contributed by atoms with van der Waals surface area (Å²) in [7, 11) is 1.60. The van der Waals surface area contributed by atoms with Crippen molar-refractivity contribution in [2.75, 3.05) is 7.11 Å². The maximum Gasteiger partial charge on any atom is 0.153 e. The third-order valence-corrected chi connectivity index (χ3v) is 3.44. The van der Waals surface area contributed by atoms with Crippen LogP contribution in [0.2, 0.25) is 0 Å². The lowest BCUT2D eigenvalue weighted by atomic mass is 9.96. The second-order valence-corrected chi connectivity index (χ2v) is 4.58. The Morgan fingerprint density at radius 2 is 1.70 bits per heavy atom. The van der Waals surface area contributed by atoms with E-state index in [1.54, 1.807) is 13.2 Å². The van der Waals surface area contributed by atoms with Crippen molar-refractivity contribution in [3.63, 3.8) is 0 Å². The van der Waals surface area contributed by atoms with Crippen LogP contribution in [0.5, 0.6) is 5.75 Å². The first kappa shape index (κ1) is 12.4. The molecule has 2 heteroatoms. The van der Waals surface area contributed by atoms with Crippen LogP contribution in [0.15, 0.2) is 60.7 Å². The molecule has 0 aliphatic rings. The minimum absolute atomic E-state index is 0.573. The topological polar surface area (TPSA) is 26.3 Å². The molecular weight excluding hydrogens is 248 g/mol. The van der Waals surface area contributed by atoms with E-state index in [0.717, 1.165) is 28.2 Å². The molecule has 0 saturated heterocycles. The Bertz CT molecular complexity index is 761. The van der Waals surface area contributed by atoms with Crippen LogP contribution in [0.3, 0.4) is 0 Å². The van der Waals surface area contributed by atoms with Crippen molar-refractivity contribution < 1.29 is 9.53 Å². The fraction of sp³-hybridized carbons (Fsp3) is 0.0556. The second-order valence-electron chi connectivity index (χ2n) is 4.58. The molecule has 0 heterocycles. The predicted molar refractivity (Wildman–Crippen MR) is 81.3 cm³/mol. The molecule has 3 aromatic carbocycles. The highest BCUT2D eigenvalue weighted by Crippen LogP contribution is 2.36. The number of methoxy groups -OCH3 is 1. The fourth-order valence-corrected chi connectivity index (χ4v) is 2.53. The smallest absolute Gasteiger partial charge is 0.153 e. The molecule has 0 bridgehead atoms. The third kappa shape index (κ3) is 1.95. The molecule has 0 amide bonds. The summed E-state index contributed by atoms with van der Waals surface area (Å²) in [6, 6.07) is 20.0. The molecule has 2 nitrogen and oxygen atoms in total. The molecule has 0 spiro atoms. The highest BCUT2D eigenvalue weighted by molar-refractivity contribution is 6.04.